The Kier molecular flexibility index (Phi) is 7.95. The van der Waals surface area contributed by atoms with Gasteiger partial charge in [0, 0.05) is 19.1 Å². The molecule has 5 heteroatoms. The van der Waals surface area contributed by atoms with Crippen molar-refractivity contribution in [3.05, 3.63) is 0 Å². The van der Waals surface area contributed by atoms with Crippen LogP contribution in [0.4, 0.5) is 4.79 Å². The molecule has 1 unspecified atom stereocenters. The first-order chi connectivity index (χ1) is 8.20. The average Bonchev–Trinajstić information content (AvgIpc) is 2.12. The van der Waals surface area contributed by atoms with Crippen molar-refractivity contribution in [1.29, 1.82) is 0 Å². The van der Waals surface area contributed by atoms with Crippen LogP contribution >= 0.6 is 0 Å². The molecule has 2 N–H and O–H groups in total. The Morgan fingerprint density at radius 3 is 2.39 bits per heavy atom. The lowest BCUT2D eigenvalue weighted by molar-refractivity contribution is 0.0527. The van der Waals surface area contributed by atoms with Crippen molar-refractivity contribution in [2.45, 2.75) is 45.8 Å². The van der Waals surface area contributed by atoms with E-state index in [-0.39, 0.29) is 6.09 Å². The molecule has 0 aromatic heterocycles. The fraction of sp³-hybridized carbons (Fsp3) is 0.923. The van der Waals surface area contributed by atoms with Gasteiger partial charge in [0.2, 0.25) is 0 Å². The highest BCUT2D eigenvalue weighted by atomic mass is 16.6. The van der Waals surface area contributed by atoms with Crippen molar-refractivity contribution in [3.63, 3.8) is 0 Å². The predicted octanol–water partition coefficient (Wildman–Crippen LogP) is 1.44. The van der Waals surface area contributed by atoms with E-state index in [1.165, 1.54) is 0 Å². The number of carbonyl (C=O) groups excluding carboxylic acids is 1. The van der Waals surface area contributed by atoms with Crippen LogP contribution < -0.4 is 10.6 Å². The molecule has 0 aromatic rings. The number of nitrogens with zero attached hydrogens (tertiary/aromatic N) is 1. The van der Waals surface area contributed by atoms with Crippen LogP contribution in [-0.4, -0.2) is 56.4 Å². The standard InChI is InChI=1S/C13H29N3O2/c1-11(10-16(5)6)14-8-7-9-15-12(17)18-13(2,3)4/h11,14H,7-10H2,1-6H3,(H,15,17). The van der Waals surface area contributed by atoms with E-state index in [1.54, 1.807) is 0 Å². The minimum atomic E-state index is -0.428. The van der Waals surface area contributed by atoms with Gasteiger partial charge >= 0.3 is 6.09 Å². The molecule has 0 radical (unpaired) electrons. The maximum Gasteiger partial charge on any atom is 0.407 e. The molecule has 1 amide bonds. The summed E-state index contributed by atoms with van der Waals surface area (Å²) in [5.41, 5.74) is -0.428. The predicted molar refractivity (Wildman–Crippen MR) is 74.9 cm³/mol. The minimum Gasteiger partial charge on any atom is -0.444 e. The lowest BCUT2D eigenvalue weighted by Crippen LogP contribution is -2.38. The number of alkyl carbamates (subject to hydrolysis) is 1. The van der Waals surface area contributed by atoms with E-state index in [0.29, 0.717) is 12.6 Å². The first-order valence-electron chi connectivity index (χ1n) is 6.55. The summed E-state index contributed by atoms with van der Waals surface area (Å²) < 4.78 is 5.14. The van der Waals surface area contributed by atoms with Crippen molar-refractivity contribution < 1.29 is 9.53 Å². The number of ether oxygens (including phenoxy) is 1. The summed E-state index contributed by atoms with van der Waals surface area (Å²) in [6, 6.07) is 0.460. The molecule has 0 spiro atoms. The summed E-state index contributed by atoms with van der Waals surface area (Å²) in [6.07, 6.45) is 0.556. The largest absolute Gasteiger partial charge is 0.444 e. The molecule has 0 aliphatic carbocycles. The van der Waals surface area contributed by atoms with E-state index in [1.807, 2.05) is 20.8 Å². The van der Waals surface area contributed by atoms with Gasteiger partial charge in [0.1, 0.15) is 5.60 Å². The second-order valence-electron chi connectivity index (χ2n) is 5.90. The highest BCUT2D eigenvalue weighted by Gasteiger charge is 2.15. The molecule has 108 valence electrons. The van der Waals surface area contributed by atoms with Crippen LogP contribution in [0, 0.1) is 0 Å². The normalized spacial score (nSPS) is 13.5. The number of hydrogen-bond donors (Lipinski definition) is 2. The number of rotatable bonds is 7. The average molecular weight is 259 g/mol. The van der Waals surface area contributed by atoms with Crippen LogP contribution in [0.3, 0.4) is 0 Å². The van der Waals surface area contributed by atoms with Crippen LogP contribution in [0.25, 0.3) is 0 Å². The third kappa shape index (κ3) is 11.7. The van der Waals surface area contributed by atoms with E-state index < -0.39 is 5.60 Å². The SMILES string of the molecule is CC(CN(C)C)NCCCNC(=O)OC(C)(C)C. The number of nitrogens with one attached hydrogen (secondary N) is 2. The Morgan fingerprint density at radius 2 is 1.89 bits per heavy atom. The molecule has 0 bridgehead atoms. The van der Waals surface area contributed by atoms with E-state index in [0.717, 1.165) is 19.5 Å². The van der Waals surface area contributed by atoms with Crippen molar-refractivity contribution >= 4 is 6.09 Å². The lowest BCUT2D eigenvalue weighted by Gasteiger charge is -2.20. The third-order valence-corrected chi connectivity index (χ3v) is 2.15. The van der Waals surface area contributed by atoms with Gasteiger partial charge in [0.25, 0.3) is 0 Å². The maximum absolute atomic E-state index is 11.3. The molecular formula is C13H29N3O2. The Hall–Kier alpha value is -0.810. The van der Waals surface area contributed by atoms with E-state index >= 15 is 0 Å². The van der Waals surface area contributed by atoms with E-state index in [9.17, 15) is 4.79 Å². The van der Waals surface area contributed by atoms with Gasteiger partial charge in [-0.2, -0.15) is 0 Å². The number of amides is 1. The smallest absolute Gasteiger partial charge is 0.407 e. The van der Waals surface area contributed by atoms with Gasteiger partial charge in [0.05, 0.1) is 0 Å². The molecule has 0 saturated heterocycles. The lowest BCUT2D eigenvalue weighted by atomic mass is 10.2. The molecule has 0 saturated carbocycles. The Morgan fingerprint density at radius 1 is 1.28 bits per heavy atom. The topological polar surface area (TPSA) is 53.6 Å². The highest BCUT2D eigenvalue weighted by molar-refractivity contribution is 5.67. The zero-order valence-electron chi connectivity index (χ0n) is 12.7. The molecule has 0 fully saturated rings. The zero-order chi connectivity index (χ0) is 14.2. The van der Waals surface area contributed by atoms with Crippen LogP contribution in [0.15, 0.2) is 0 Å². The fourth-order valence-electron chi connectivity index (χ4n) is 1.55. The number of hydrogen-bond acceptors (Lipinski definition) is 4. The Bertz CT molecular complexity index is 237. The van der Waals surface area contributed by atoms with Crippen molar-refractivity contribution in [1.82, 2.24) is 15.5 Å². The van der Waals surface area contributed by atoms with Gasteiger partial charge in [-0.1, -0.05) is 0 Å². The summed E-state index contributed by atoms with van der Waals surface area (Å²) in [7, 11) is 4.12. The van der Waals surface area contributed by atoms with Gasteiger partial charge in [0.15, 0.2) is 0 Å². The van der Waals surface area contributed by atoms with Gasteiger partial charge in [-0.25, -0.2) is 4.79 Å². The number of likely N-dealkylation sites (N-methyl/N-ethyl adjacent to an activating group) is 1. The summed E-state index contributed by atoms with van der Waals surface area (Å²) in [5, 5.41) is 6.14. The summed E-state index contributed by atoms with van der Waals surface area (Å²) in [4.78, 5) is 13.5. The summed E-state index contributed by atoms with van der Waals surface area (Å²) in [6.45, 7) is 10.3. The first kappa shape index (κ1) is 17.2. The van der Waals surface area contributed by atoms with Gasteiger partial charge in [-0.15, -0.1) is 0 Å². The molecule has 1 atom stereocenters. The van der Waals surface area contributed by atoms with Gasteiger partial charge in [-0.05, 0) is 54.8 Å². The Balaban J connectivity index is 3.48. The molecule has 0 heterocycles. The molecule has 0 aromatic carbocycles. The molecule has 0 aliphatic heterocycles. The summed E-state index contributed by atoms with van der Waals surface area (Å²) >= 11 is 0. The van der Waals surface area contributed by atoms with Gasteiger partial charge in [-0.3, -0.25) is 0 Å². The minimum absolute atomic E-state index is 0.344. The Labute approximate surface area is 111 Å². The second-order valence-corrected chi connectivity index (χ2v) is 5.90. The molecular weight excluding hydrogens is 230 g/mol. The van der Waals surface area contributed by atoms with Crippen LogP contribution in [0.5, 0.6) is 0 Å². The van der Waals surface area contributed by atoms with Crippen molar-refractivity contribution in [2.24, 2.45) is 0 Å². The van der Waals surface area contributed by atoms with Crippen LogP contribution in [-0.2, 0) is 4.74 Å². The zero-order valence-corrected chi connectivity index (χ0v) is 12.7. The highest BCUT2D eigenvalue weighted by Crippen LogP contribution is 2.06. The molecule has 0 aliphatic rings. The molecule has 18 heavy (non-hydrogen) atoms. The van der Waals surface area contributed by atoms with Crippen molar-refractivity contribution in [2.75, 3.05) is 33.7 Å². The molecule has 0 rings (SSSR count). The van der Waals surface area contributed by atoms with Crippen LogP contribution in [0.2, 0.25) is 0 Å². The summed E-state index contributed by atoms with van der Waals surface area (Å²) in [5.74, 6) is 0. The third-order valence-electron chi connectivity index (χ3n) is 2.15. The monoisotopic (exact) mass is 259 g/mol. The number of carbonyl (C=O) groups is 1. The van der Waals surface area contributed by atoms with E-state index in [2.05, 4.69) is 36.6 Å². The van der Waals surface area contributed by atoms with E-state index in [4.69, 9.17) is 4.74 Å². The molecule has 5 nitrogen and oxygen atoms in total. The fourth-order valence-corrected chi connectivity index (χ4v) is 1.55. The van der Waals surface area contributed by atoms with Crippen molar-refractivity contribution in [3.8, 4) is 0 Å². The van der Waals surface area contributed by atoms with Crippen LogP contribution in [0.1, 0.15) is 34.1 Å². The first-order valence-corrected chi connectivity index (χ1v) is 6.55. The second kappa shape index (κ2) is 8.32. The van der Waals surface area contributed by atoms with Gasteiger partial charge < -0.3 is 20.3 Å². The quantitative estimate of drug-likeness (QED) is 0.679. The maximum atomic E-state index is 11.3.